The number of aryl methyl sites for hydroxylation is 1. The molecule has 1 heterocycles. The van der Waals surface area contributed by atoms with Gasteiger partial charge in [-0.2, -0.15) is 0 Å². The minimum Gasteiger partial charge on any atom is -0.303 e. The predicted octanol–water partition coefficient (Wildman–Crippen LogP) is 4.28. The number of benzene rings is 2. The Morgan fingerprint density at radius 1 is 1.10 bits per heavy atom. The van der Waals surface area contributed by atoms with Gasteiger partial charge < -0.3 is 4.90 Å². The first-order chi connectivity index (χ1) is 10.1. The van der Waals surface area contributed by atoms with Crippen LogP contribution in [0.1, 0.15) is 24.1 Å². The van der Waals surface area contributed by atoms with Crippen molar-refractivity contribution in [1.29, 1.82) is 0 Å². The van der Waals surface area contributed by atoms with Gasteiger partial charge in [-0.05, 0) is 31.5 Å². The van der Waals surface area contributed by atoms with Gasteiger partial charge in [0.1, 0.15) is 0 Å². The van der Waals surface area contributed by atoms with E-state index in [0.29, 0.717) is 0 Å². The van der Waals surface area contributed by atoms with Crippen molar-refractivity contribution in [3.05, 3.63) is 78.4 Å². The average Bonchev–Trinajstić information content (AvgIpc) is 2.53. The third-order valence-electron chi connectivity index (χ3n) is 4.36. The van der Waals surface area contributed by atoms with Crippen molar-refractivity contribution in [2.75, 3.05) is 4.90 Å². The standard InChI is InChI=1S/C19H19NO/c1-4-19(3)17(15-8-6-5-7-9-15)20(18(19)21)16-12-10-14(2)11-13-16/h4-13,17H,1H2,2-3H3/t17-,19+/m1/s1. The van der Waals surface area contributed by atoms with Crippen LogP contribution < -0.4 is 4.90 Å². The van der Waals surface area contributed by atoms with Crippen LogP contribution >= 0.6 is 0 Å². The second-order valence-corrected chi connectivity index (χ2v) is 5.81. The van der Waals surface area contributed by atoms with Gasteiger partial charge in [0.05, 0.1) is 11.5 Å². The van der Waals surface area contributed by atoms with Crippen LogP contribution in [-0.4, -0.2) is 5.91 Å². The largest absolute Gasteiger partial charge is 0.303 e. The molecule has 1 aliphatic heterocycles. The summed E-state index contributed by atoms with van der Waals surface area (Å²) in [7, 11) is 0. The highest BCUT2D eigenvalue weighted by molar-refractivity contribution is 6.07. The van der Waals surface area contributed by atoms with Gasteiger partial charge in [0, 0.05) is 5.69 Å². The van der Waals surface area contributed by atoms with Crippen molar-refractivity contribution >= 4 is 11.6 Å². The van der Waals surface area contributed by atoms with Crippen LogP contribution in [-0.2, 0) is 4.79 Å². The fraction of sp³-hybridized carbons (Fsp3) is 0.211. The lowest BCUT2D eigenvalue weighted by Crippen LogP contribution is -2.61. The van der Waals surface area contributed by atoms with Crippen LogP contribution in [0.5, 0.6) is 0 Å². The third-order valence-corrected chi connectivity index (χ3v) is 4.36. The van der Waals surface area contributed by atoms with E-state index in [9.17, 15) is 4.79 Å². The molecular weight excluding hydrogens is 258 g/mol. The van der Waals surface area contributed by atoms with Gasteiger partial charge in [-0.1, -0.05) is 54.1 Å². The molecule has 0 saturated carbocycles. The zero-order chi connectivity index (χ0) is 15.0. The molecule has 0 N–H and O–H groups in total. The summed E-state index contributed by atoms with van der Waals surface area (Å²) in [6, 6.07) is 18.2. The molecule has 0 aliphatic carbocycles. The van der Waals surface area contributed by atoms with E-state index in [1.807, 2.05) is 61.2 Å². The Balaban J connectivity index is 2.05. The number of anilines is 1. The van der Waals surface area contributed by atoms with Crippen LogP contribution in [0.2, 0.25) is 0 Å². The maximum atomic E-state index is 12.6. The quantitative estimate of drug-likeness (QED) is 0.606. The number of β-lactam (4-membered cyclic amide) rings is 1. The molecule has 1 aliphatic rings. The van der Waals surface area contributed by atoms with E-state index in [1.54, 1.807) is 6.08 Å². The summed E-state index contributed by atoms with van der Waals surface area (Å²) in [6.07, 6.45) is 1.78. The fourth-order valence-corrected chi connectivity index (χ4v) is 3.00. The van der Waals surface area contributed by atoms with Crippen molar-refractivity contribution in [2.24, 2.45) is 5.41 Å². The zero-order valence-electron chi connectivity index (χ0n) is 12.4. The molecule has 2 aromatic carbocycles. The number of carbonyl (C=O) groups excluding carboxylic acids is 1. The Kier molecular flexibility index (Phi) is 3.17. The van der Waals surface area contributed by atoms with E-state index < -0.39 is 5.41 Å². The first-order valence-electron chi connectivity index (χ1n) is 7.17. The number of carbonyl (C=O) groups is 1. The Labute approximate surface area is 125 Å². The number of rotatable bonds is 3. The van der Waals surface area contributed by atoms with Crippen LogP contribution in [0.25, 0.3) is 0 Å². The second-order valence-electron chi connectivity index (χ2n) is 5.81. The van der Waals surface area contributed by atoms with E-state index >= 15 is 0 Å². The van der Waals surface area contributed by atoms with Crippen LogP contribution in [0, 0.1) is 12.3 Å². The normalized spacial score (nSPS) is 24.6. The fourth-order valence-electron chi connectivity index (χ4n) is 3.00. The van der Waals surface area contributed by atoms with Crippen LogP contribution in [0.15, 0.2) is 67.3 Å². The molecule has 0 aromatic heterocycles. The summed E-state index contributed by atoms with van der Waals surface area (Å²) in [4.78, 5) is 14.5. The smallest absolute Gasteiger partial charge is 0.239 e. The molecule has 2 heteroatoms. The highest BCUT2D eigenvalue weighted by Gasteiger charge is 2.56. The third kappa shape index (κ3) is 1.99. The molecule has 0 radical (unpaired) electrons. The van der Waals surface area contributed by atoms with E-state index in [2.05, 4.69) is 18.7 Å². The first kappa shape index (κ1) is 13.6. The highest BCUT2D eigenvalue weighted by atomic mass is 16.2. The summed E-state index contributed by atoms with van der Waals surface area (Å²) < 4.78 is 0. The SMILES string of the molecule is C=C[C@]1(C)C(=O)N(c2ccc(C)cc2)[C@@H]1c1ccccc1. The first-order valence-corrected chi connectivity index (χ1v) is 7.17. The summed E-state index contributed by atoms with van der Waals surface area (Å²) in [6.45, 7) is 7.88. The number of hydrogen-bond donors (Lipinski definition) is 0. The topological polar surface area (TPSA) is 20.3 Å². The van der Waals surface area contributed by atoms with E-state index in [4.69, 9.17) is 0 Å². The minimum absolute atomic E-state index is 0.00593. The van der Waals surface area contributed by atoms with Crippen LogP contribution in [0.3, 0.4) is 0 Å². The van der Waals surface area contributed by atoms with Crippen molar-refractivity contribution < 1.29 is 4.79 Å². The molecule has 1 amide bonds. The predicted molar refractivity (Wildman–Crippen MR) is 86.2 cm³/mol. The van der Waals surface area contributed by atoms with Gasteiger partial charge in [-0.3, -0.25) is 4.79 Å². The van der Waals surface area contributed by atoms with Gasteiger partial charge in [0.15, 0.2) is 0 Å². The lowest BCUT2D eigenvalue weighted by molar-refractivity contribution is -0.134. The number of amides is 1. The van der Waals surface area contributed by atoms with Gasteiger partial charge in [-0.25, -0.2) is 0 Å². The zero-order valence-corrected chi connectivity index (χ0v) is 12.4. The maximum absolute atomic E-state index is 12.6. The molecule has 0 unspecified atom stereocenters. The van der Waals surface area contributed by atoms with Gasteiger partial charge in [-0.15, -0.1) is 6.58 Å². The van der Waals surface area contributed by atoms with E-state index in [1.165, 1.54) is 5.56 Å². The second kappa shape index (κ2) is 4.88. The molecule has 0 spiro atoms. The van der Waals surface area contributed by atoms with Crippen molar-refractivity contribution in [3.63, 3.8) is 0 Å². The molecule has 2 nitrogen and oxygen atoms in total. The molecule has 2 atom stereocenters. The summed E-state index contributed by atoms with van der Waals surface area (Å²) >= 11 is 0. The van der Waals surface area contributed by atoms with Gasteiger partial charge >= 0.3 is 0 Å². The maximum Gasteiger partial charge on any atom is 0.239 e. The molecule has 106 valence electrons. The average molecular weight is 277 g/mol. The van der Waals surface area contributed by atoms with E-state index in [-0.39, 0.29) is 11.9 Å². The van der Waals surface area contributed by atoms with Crippen molar-refractivity contribution in [3.8, 4) is 0 Å². The number of nitrogens with zero attached hydrogens (tertiary/aromatic N) is 1. The summed E-state index contributed by atoms with van der Waals surface area (Å²) in [5.74, 6) is 0.107. The Morgan fingerprint density at radius 2 is 1.71 bits per heavy atom. The Bertz CT molecular complexity index is 674. The summed E-state index contributed by atoms with van der Waals surface area (Å²) in [5.41, 5.74) is 2.74. The van der Waals surface area contributed by atoms with Crippen LogP contribution in [0.4, 0.5) is 5.69 Å². The van der Waals surface area contributed by atoms with Crippen molar-refractivity contribution in [1.82, 2.24) is 0 Å². The molecule has 21 heavy (non-hydrogen) atoms. The Morgan fingerprint density at radius 3 is 2.29 bits per heavy atom. The lowest BCUT2D eigenvalue weighted by atomic mass is 9.69. The molecule has 3 rings (SSSR count). The minimum atomic E-state index is -0.535. The highest BCUT2D eigenvalue weighted by Crippen LogP contribution is 2.52. The molecule has 2 aromatic rings. The van der Waals surface area contributed by atoms with Gasteiger partial charge in [0.2, 0.25) is 5.91 Å². The number of hydrogen-bond acceptors (Lipinski definition) is 1. The van der Waals surface area contributed by atoms with Crippen molar-refractivity contribution in [2.45, 2.75) is 19.9 Å². The monoisotopic (exact) mass is 277 g/mol. The molecular formula is C19H19NO. The molecule has 1 saturated heterocycles. The Hall–Kier alpha value is -2.35. The summed E-state index contributed by atoms with van der Waals surface area (Å²) in [5, 5.41) is 0. The molecule has 0 bridgehead atoms. The van der Waals surface area contributed by atoms with Gasteiger partial charge in [0.25, 0.3) is 0 Å². The molecule has 1 fully saturated rings. The lowest BCUT2D eigenvalue weighted by Gasteiger charge is -2.53. The van der Waals surface area contributed by atoms with E-state index in [0.717, 1.165) is 11.3 Å².